The number of hydrogen-bond donors (Lipinski definition) is 0. The van der Waals surface area contributed by atoms with E-state index >= 15 is 0 Å². The Balaban J connectivity index is 1.83. The van der Waals surface area contributed by atoms with Crippen LogP contribution >= 0.6 is 0 Å². The van der Waals surface area contributed by atoms with Crippen molar-refractivity contribution in [3.05, 3.63) is 95.1 Å². The summed E-state index contributed by atoms with van der Waals surface area (Å²) in [5.74, 6) is -0.740. The molecule has 0 N–H and O–H groups in total. The number of fused-ring (bicyclic) bond motifs is 1. The van der Waals surface area contributed by atoms with Gasteiger partial charge in [-0.25, -0.2) is 4.39 Å². The molecule has 0 unspecified atom stereocenters. The molecule has 0 saturated carbocycles. The Morgan fingerprint density at radius 2 is 1.76 bits per heavy atom. The Morgan fingerprint density at radius 1 is 1.00 bits per heavy atom. The molecule has 126 valence electrons. The number of halogens is 1. The zero-order chi connectivity index (χ0) is 17.4. The van der Waals surface area contributed by atoms with Crippen LogP contribution in [0.3, 0.4) is 0 Å². The van der Waals surface area contributed by atoms with Crippen molar-refractivity contribution in [2.45, 2.75) is 19.5 Å². The van der Waals surface area contributed by atoms with E-state index in [9.17, 15) is 9.18 Å². The minimum Gasteiger partial charge on any atom is -0.348 e. The quantitative estimate of drug-likeness (QED) is 0.690. The van der Waals surface area contributed by atoms with Crippen LogP contribution < -0.4 is 0 Å². The predicted molar refractivity (Wildman–Crippen MR) is 94.9 cm³/mol. The van der Waals surface area contributed by atoms with E-state index in [1.165, 1.54) is 6.07 Å². The average molecular weight is 334 g/mol. The SMILES string of the molecule is Cc1ccccc1[C@@H]1c2cccn2CCN1C(=O)c1ccccc1F. The van der Waals surface area contributed by atoms with Gasteiger partial charge < -0.3 is 9.47 Å². The van der Waals surface area contributed by atoms with Gasteiger partial charge in [-0.15, -0.1) is 0 Å². The summed E-state index contributed by atoms with van der Waals surface area (Å²) in [5, 5.41) is 0. The van der Waals surface area contributed by atoms with Crippen LogP contribution in [0, 0.1) is 12.7 Å². The van der Waals surface area contributed by atoms with E-state index in [-0.39, 0.29) is 17.5 Å². The highest BCUT2D eigenvalue weighted by Crippen LogP contribution is 2.35. The molecule has 1 aliphatic heterocycles. The molecule has 3 nitrogen and oxygen atoms in total. The highest BCUT2D eigenvalue weighted by Gasteiger charge is 2.34. The third kappa shape index (κ3) is 2.64. The lowest BCUT2D eigenvalue weighted by Crippen LogP contribution is -2.42. The first kappa shape index (κ1) is 15.6. The number of rotatable bonds is 2. The molecule has 1 amide bonds. The standard InChI is InChI=1S/C21H19FN2O/c1-15-7-2-3-8-16(15)20-19-11-6-12-23(19)13-14-24(20)21(25)17-9-4-5-10-18(17)22/h2-12,20H,13-14H2,1H3/t20-/m1/s1. The number of carbonyl (C=O) groups is 1. The van der Waals surface area contributed by atoms with Crippen molar-refractivity contribution in [2.75, 3.05) is 6.54 Å². The van der Waals surface area contributed by atoms with Crippen molar-refractivity contribution in [3.8, 4) is 0 Å². The molecule has 0 bridgehead atoms. The van der Waals surface area contributed by atoms with Crippen LogP contribution in [-0.2, 0) is 6.54 Å². The van der Waals surface area contributed by atoms with Crippen LogP contribution in [0.2, 0.25) is 0 Å². The first-order valence-electron chi connectivity index (χ1n) is 8.43. The van der Waals surface area contributed by atoms with E-state index in [0.717, 1.165) is 16.8 Å². The zero-order valence-corrected chi connectivity index (χ0v) is 14.0. The number of carbonyl (C=O) groups excluding carboxylic acids is 1. The fourth-order valence-electron chi connectivity index (χ4n) is 3.61. The zero-order valence-electron chi connectivity index (χ0n) is 14.0. The molecule has 0 aliphatic carbocycles. The van der Waals surface area contributed by atoms with Gasteiger partial charge in [0.05, 0.1) is 11.6 Å². The van der Waals surface area contributed by atoms with Gasteiger partial charge in [-0.1, -0.05) is 36.4 Å². The molecule has 25 heavy (non-hydrogen) atoms. The van der Waals surface area contributed by atoms with E-state index in [4.69, 9.17) is 0 Å². The topological polar surface area (TPSA) is 25.2 Å². The molecule has 4 rings (SSSR count). The maximum Gasteiger partial charge on any atom is 0.257 e. The Morgan fingerprint density at radius 3 is 2.56 bits per heavy atom. The molecule has 1 aliphatic rings. The van der Waals surface area contributed by atoms with Crippen molar-refractivity contribution in [1.82, 2.24) is 9.47 Å². The van der Waals surface area contributed by atoms with Crippen LogP contribution in [-0.4, -0.2) is 21.9 Å². The summed E-state index contributed by atoms with van der Waals surface area (Å²) in [6.07, 6.45) is 2.03. The molecular formula is C21H19FN2O. The fraction of sp³-hybridized carbons (Fsp3) is 0.190. The Bertz CT molecular complexity index is 931. The van der Waals surface area contributed by atoms with Gasteiger partial charge in [0, 0.05) is 25.0 Å². The predicted octanol–water partition coefficient (Wildman–Crippen LogP) is 4.18. The summed E-state index contributed by atoms with van der Waals surface area (Å²) in [7, 11) is 0. The molecule has 0 spiro atoms. The summed E-state index contributed by atoms with van der Waals surface area (Å²) in [4.78, 5) is 14.9. The second-order valence-corrected chi connectivity index (χ2v) is 6.36. The minimum absolute atomic E-state index is 0.126. The molecule has 4 heteroatoms. The van der Waals surface area contributed by atoms with Gasteiger partial charge in [0.1, 0.15) is 5.82 Å². The lowest BCUT2D eigenvalue weighted by Gasteiger charge is -2.38. The second-order valence-electron chi connectivity index (χ2n) is 6.36. The van der Waals surface area contributed by atoms with Gasteiger partial charge in [-0.2, -0.15) is 0 Å². The number of amides is 1. The molecule has 2 aromatic carbocycles. The molecule has 1 aromatic heterocycles. The van der Waals surface area contributed by atoms with E-state index in [1.807, 2.05) is 49.5 Å². The van der Waals surface area contributed by atoms with E-state index in [0.29, 0.717) is 13.1 Å². The Labute approximate surface area is 146 Å². The molecular weight excluding hydrogens is 315 g/mol. The van der Waals surface area contributed by atoms with Crippen molar-refractivity contribution in [3.63, 3.8) is 0 Å². The Kier molecular flexibility index (Phi) is 3.88. The van der Waals surface area contributed by atoms with Gasteiger partial charge >= 0.3 is 0 Å². The van der Waals surface area contributed by atoms with Crippen LogP contribution in [0.25, 0.3) is 0 Å². The summed E-state index contributed by atoms with van der Waals surface area (Å²) in [6, 6.07) is 18.1. The van der Waals surface area contributed by atoms with Crippen molar-refractivity contribution in [1.29, 1.82) is 0 Å². The number of aryl methyl sites for hydroxylation is 1. The van der Waals surface area contributed by atoms with Gasteiger partial charge in [-0.05, 0) is 42.3 Å². The largest absolute Gasteiger partial charge is 0.348 e. The summed E-state index contributed by atoms with van der Waals surface area (Å²) in [6.45, 7) is 3.31. The van der Waals surface area contributed by atoms with Crippen LogP contribution in [0.15, 0.2) is 66.9 Å². The first-order valence-corrected chi connectivity index (χ1v) is 8.43. The van der Waals surface area contributed by atoms with E-state index < -0.39 is 5.82 Å². The van der Waals surface area contributed by atoms with Crippen LogP contribution in [0.4, 0.5) is 4.39 Å². The van der Waals surface area contributed by atoms with Gasteiger partial charge in [0.15, 0.2) is 0 Å². The average Bonchev–Trinajstić information content (AvgIpc) is 3.10. The van der Waals surface area contributed by atoms with E-state index in [1.54, 1.807) is 23.1 Å². The molecule has 3 aromatic rings. The molecule has 0 radical (unpaired) electrons. The van der Waals surface area contributed by atoms with E-state index in [2.05, 4.69) is 4.57 Å². The summed E-state index contributed by atoms with van der Waals surface area (Å²) >= 11 is 0. The summed E-state index contributed by atoms with van der Waals surface area (Å²) in [5.41, 5.74) is 3.38. The number of benzene rings is 2. The van der Waals surface area contributed by atoms with Crippen LogP contribution in [0.1, 0.15) is 33.2 Å². The molecule has 0 saturated heterocycles. The highest BCUT2D eigenvalue weighted by molar-refractivity contribution is 5.95. The normalized spacial score (nSPS) is 16.6. The van der Waals surface area contributed by atoms with Crippen LogP contribution in [0.5, 0.6) is 0 Å². The molecule has 0 fully saturated rings. The van der Waals surface area contributed by atoms with Crippen molar-refractivity contribution >= 4 is 5.91 Å². The smallest absolute Gasteiger partial charge is 0.257 e. The number of aromatic nitrogens is 1. The first-order chi connectivity index (χ1) is 12.2. The van der Waals surface area contributed by atoms with Crippen molar-refractivity contribution in [2.24, 2.45) is 0 Å². The van der Waals surface area contributed by atoms with Gasteiger partial charge in [-0.3, -0.25) is 4.79 Å². The third-order valence-corrected chi connectivity index (χ3v) is 4.89. The lowest BCUT2D eigenvalue weighted by atomic mass is 9.95. The highest BCUT2D eigenvalue weighted by atomic mass is 19.1. The van der Waals surface area contributed by atoms with Gasteiger partial charge in [0.25, 0.3) is 5.91 Å². The second kappa shape index (κ2) is 6.20. The summed E-state index contributed by atoms with van der Waals surface area (Å²) < 4.78 is 16.4. The maximum absolute atomic E-state index is 14.2. The minimum atomic E-state index is -0.475. The lowest BCUT2D eigenvalue weighted by molar-refractivity contribution is 0.0659. The number of nitrogens with zero attached hydrogens (tertiary/aromatic N) is 2. The Hall–Kier alpha value is -2.88. The maximum atomic E-state index is 14.2. The fourth-order valence-corrected chi connectivity index (χ4v) is 3.61. The third-order valence-electron chi connectivity index (χ3n) is 4.89. The molecule has 2 heterocycles. The molecule has 1 atom stereocenters. The van der Waals surface area contributed by atoms with Gasteiger partial charge in [0.2, 0.25) is 0 Å². The van der Waals surface area contributed by atoms with Crippen molar-refractivity contribution < 1.29 is 9.18 Å². The monoisotopic (exact) mass is 334 g/mol. The number of hydrogen-bond acceptors (Lipinski definition) is 1.